The number of aliphatic hydroxyl groups excluding tert-OH is 1. The topological polar surface area (TPSA) is 41.9 Å². The van der Waals surface area contributed by atoms with Gasteiger partial charge in [0.1, 0.15) is 0 Å². The molecule has 0 radical (unpaired) electrons. The molecule has 0 atom stereocenters. The minimum atomic E-state index is 0.192. The lowest BCUT2D eigenvalue weighted by atomic mass is 10.2. The Morgan fingerprint density at radius 2 is 1.84 bits per heavy atom. The molecule has 108 valence electrons. The van der Waals surface area contributed by atoms with Crippen LogP contribution in [0.2, 0.25) is 0 Å². The summed E-state index contributed by atoms with van der Waals surface area (Å²) in [5, 5.41) is 9.10. The van der Waals surface area contributed by atoms with Crippen molar-refractivity contribution in [3.63, 3.8) is 0 Å². The van der Waals surface area contributed by atoms with Crippen molar-refractivity contribution in [3.05, 3.63) is 35.9 Å². The van der Waals surface area contributed by atoms with E-state index < -0.39 is 0 Å². The minimum Gasteiger partial charge on any atom is -0.395 e. The van der Waals surface area contributed by atoms with Crippen LogP contribution >= 0.6 is 0 Å². The van der Waals surface area contributed by atoms with E-state index in [9.17, 15) is 0 Å². The van der Waals surface area contributed by atoms with Gasteiger partial charge in [-0.3, -0.25) is 4.90 Å². The molecule has 1 aromatic rings. The third kappa shape index (κ3) is 7.95. The highest BCUT2D eigenvalue weighted by molar-refractivity contribution is 5.14. The van der Waals surface area contributed by atoms with E-state index in [2.05, 4.69) is 17.0 Å². The molecule has 0 saturated heterocycles. The molecule has 0 unspecified atom stereocenters. The molecule has 1 rings (SSSR count). The third-order valence-electron chi connectivity index (χ3n) is 2.86. The van der Waals surface area contributed by atoms with Crippen molar-refractivity contribution < 1.29 is 14.6 Å². The predicted octanol–water partition coefficient (Wildman–Crippen LogP) is 1.53. The largest absolute Gasteiger partial charge is 0.395 e. The number of ether oxygens (including phenoxy) is 2. The van der Waals surface area contributed by atoms with Crippen LogP contribution in [-0.4, -0.2) is 56.6 Å². The molecular formula is C15H25NO3. The summed E-state index contributed by atoms with van der Waals surface area (Å²) in [5.74, 6) is 0. The maximum Gasteiger partial charge on any atom is 0.0700 e. The number of aliphatic hydroxyl groups is 1. The smallest absolute Gasteiger partial charge is 0.0700 e. The van der Waals surface area contributed by atoms with Gasteiger partial charge in [0.15, 0.2) is 0 Å². The number of benzene rings is 1. The van der Waals surface area contributed by atoms with Crippen molar-refractivity contribution in [1.29, 1.82) is 0 Å². The van der Waals surface area contributed by atoms with Crippen LogP contribution in [0, 0.1) is 0 Å². The molecule has 0 heterocycles. The second-order valence-electron chi connectivity index (χ2n) is 4.44. The van der Waals surface area contributed by atoms with Crippen molar-refractivity contribution in [2.45, 2.75) is 13.0 Å². The zero-order valence-electron chi connectivity index (χ0n) is 11.8. The highest BCUT2D eigenvalue weighted by atomic mass is 16.5. The maximum atomic E-state index is 9.10. The van der Waals surface area contributed by atoms with Gasteiger partial charge in [0.2, 0.25) is 0 Å². The average Bonchev–Trinajstić information content (AvgIpc) is 2.44. The second kappa shape index (κ2) is 10.9. The highest BCUT2D eigenvalue weighted by Gasteiger charge is 2.04. The Morgan fingerprint density at radius 1 is 1.05 bits per heavy atom. The van der Waals surface area contributed by atoms with E-state index in [0.29, 0.717) is 19.8 Å². The molecule has 0 aliphatic rings. The van der Waals surface area contributed by atoms with Gasteiger partial charge in [-0.25, -0.2) is 0 Å². The zero-order valence-corrected chi connectivity index (χ0v) is 11.8. The summed E-state index contributed by atoms with van der Waals surface area (Å²) in [6, 6.07) is 10.3. The summed E-state index contributed by atoms with van der Waals surface area (Å²) in [4.78, 5) is 2.25. The molecule has 1 aromatic carbocycles. The Bertz CT molecular complexity index is 306. The first kappa shape index (κ1) is 16.1. The summed E-state index contributed by atoms with van der Waals surface area (Å²) in [7, 11) is 1.67. The lowest BCUT2D eigenvalue weighted by molar-refractivity contribution is 0.0637. The molecule has 1 N–H and O–H groups in total. The van der Waals surface area contributed by atoms with E-state index in [4.69, 9.17) is 14.6 Å². The van der Waals surface area contributed by atoms with E-state index in [1.54, 1.807) is 7.11 Å². The summed E-state index contributed by atoms with van der Waals surface area (Å²) < 4.78 is 10.4. The number of rotatable bonds is 11. The van der Waals surface area contributed by atoms with Crippen LogP contribution in [0.15, 0.2) is 30.3 Å². The molecule has 4 heteroatoms. The second-order valence-corrected chi connectivity index (χ2v) is 4.44. The first-order valence-electron chi connectivity index (χ1n) is 6.80. The number of hydrogen-bond donors (Lipinski definition) is 1. The van der Waals surface area contributed by atoms with Crippen molar-refractivity contribution in [1.82, 2.24) is 4.90 Å². The van der Waals surface area contributed by atoms with Crippen LogP contribution in [0.25, 0.3) is 0 Å². The quantitative estimate of drug-likeness (QED) is 0.618. The maximum absolute atomic E-state index is 9.10. The van der Waals surface area contributed by atoms with Gasteiger partial charge in [-0.1, -0.05) is 30.3 Å². The first-order chi connectivity index (χ1) is 9.36. The Morgan fingerprint density at radius 3 is 2.53 bits per heavy atom. The van der Waals surface area contributed by atoms with Gasteiger partial charge < -0.3 is 14.6 Å². The van der Waals surface area contributed by atoms with Crippen LogP contribution in [0.3, 0.4) is 0 Å². The molecule has 0 aliphatic carbocycles. The standard InChI is InChI=1S/C15H25NO3/c1-18-12-13-19-11-5-8-16(9-10-17)14-15-6-3-2-4-7-15/h2-4,6-7,17H,5,8-14H2,1H3. The molecular weight excluding hydrogens is 242 g/mol. The van der Waals surface area contributed by atoms with Gasteiger partial charge in [0, 0.05) is 33.4 Å². The molecule has 19 heavy (non-hydrogen) atoms. The molecule has 0 aliphatic heterocycles. The molecule has 0 bridgehead atoms. The lowest BCUT2D eigenvalue weighted by Crippen LogP contribution is -2.28. The van der Waals surface area contributed by atoms with Gasteiger partial charge >= 0.3 is 0 Å². The predicted molar refractivity (Wildman–Crippen MR) is 76.1 cm³/mol. The van der Waals surface area contributed by atoms with Gasteiger partial charge in [-0.05, 0) is 12.0 Å². The van der Waals surface area contributed by atoms with Crippen molar-refractivity contribution >= 4 is 0 Å². The SMILES string of the molecule is COCCOCCCN(CCO)Cc1ccccc1. The van der Waals surface area contributed by atoms with Gasteiger partial charge in [-0.15, -0.1) is 0 Å². The highest BCUT2D eigenvalue weighted by Crippen LogP contribution is 2.04. The van der Waals surface area contributed by atoms with Gasteiger partial charge in [0.05, 0.1) is 19.8 Å². The van der Waals surface area contributed by atoms with E-state index in [-0.39, 0.29) is 6.61 Å². The number of nitrogens with zero attached hydrogens (tertiary/aromatic N) is 1. The summed E-state index contributed by atoms with van der Waals surface area (Å²) in [6.45, 7) is 4.73. The monoisotopic (exact) mass is 267 g/mol. The van der Waals surface area contributed by atoms with Gasteiger partial charge in [-0.2, -0.15) is 0 Å². The van der Waals surface area contributed by atoms with E-state index in [1.165, 1.54) is 5.56 Å². The summed E-state index contributed by atoms with van der Waals surface area (Å²) in [6.07, 6.45) is 0.969. The van der Waals surface area contributed by atoms with Crippen molar-refractivity contribution in [3.8, 4) is 0 Å². The Labute approximate surface area is 115 Å². The van der Waals surface area contributed by atoms with Crippen LogP contribution < -0.4 is 0 Å². The summed E-state index contributed by atoms with van der Waals surface area (Å²) in [5.41, 5.74) is 1.27. The fourth-order valence-electron chi connectivity index (χ4n) is 1.89. The normalized spacial score (nSPS) is 11.1. The van der Waals surface area contributed by atoms with E-state index in [1.807, 2.05) is 18.2 Å². The lowest BCUT2D eigenvalue weighted by Gasteiger charge is -2.21. The fraction of sp³-hybridized carbons (Fsp3) is 0.600. The molecule has 0 spiro atoms. The zero-order chi connectivity index (χ0) is 13.8. The Balaban J connectivity index is 2.21. The fourth-order valence-corrected chi connectivity index (χ4v) is 1.89. The summed E-state index contributed by atoms with van der Waals surface area (Å²) >= 11 is 0. The van der Waals surface area contributed by atoms with Crippen molar-refractivity contribution in [2.24, 2.45) is 0 Å². The van der Waals surface area contributed by atoms with E-state index >= 15 is 0 Å². The van der Waals surface area contributed by atoms with Crippen LogP contribution in [0.5, 0.6) is 0 Å². The third-order valence-corrected chi connectivity index (χ3v) is 2.86. The first-order valence-corrected chi connectivity index (χ1v) is 6.80. The van der Waals surface area contributed by atoms with Crippen LogP contribution in [-0.2, 0) is 16.0 Å². The van der Waals surface area contributed by atoms with Crippen LogP contribution in [0.4, 0.5) is 0 Å². The number of hydrogen-bond acceptors (Lipinski definition) is 4. The Kier molecular flexibility index (Phi) is 9.27. The molecule has 0 amide bonds. The van der Waals surface area contributed by atoms with Gasteiger partial charge in [0.25, 0.3) is 0 Å². The Hall–Kier alpha value is -0.940. The average molecular weight is 267 g/mol. The van der Waals surface area contributed by atoms with E-state index in [0.717, 1.165) is 26.1 Å². The van der Waals surface area contributed by atoms with Crippen molar-refractivity contribution in [2.75, 3.05) is 46.6 Å². The number of methoxy groups -OCH3 is 1. The minimum absolute atomic E-state index is 0.192. The molecule has 0 fully saturated rings. The van der Waals surface area contributed by atoms with Crippen LogP contribution in [0.1, 0.15) is 12.0 Å². The molecule has 0 saturated carbocycles. The molecule has 4 nitrogen and oxygen atoms in total. The molecule has 0 aromatic heterocycles.